The van der Waals surface area contributed by atoms with Gasteiger partial charge in [-0.15, -0.1) is 0 Å². The van der Waals surface area contributed by atoms with Crippen molar-refractivity contribution < 1.29 is 18.8 Å². The smallest absolute Gasteiger partial charge is 0.258 e. The standard InChI is InChI=1S/C20H20ClFN6O4/c21-12-7-10(1-2-13(12)22)24-18(31)11-8-14(29)25-17-15(11)19(32)27-20(26-17)28-5-3-9(4-6-28)16(23)30/h1-2,7,9,11H,3-6,8H2,(H2,23,30)(H,24,31)(H2,25,26,27,29,32)/t11-/m0/s1. The molecule has 1 fully saturated rings. The molecule has 0 saturated carbocycles. The van der Waals surface area contributed by atoms with E-state index in [1.54, 1.807) is 4.90 Å². The van der Waals surface area contributed by atoms with Gasteiger partial charge in [0.15, 0.2) is 0 Å². The summed E-state index contributed by atoms with van der Waals surface area (Å²) in [6, 6.07) is 3.66. The van der Waals surface area contributed by atoms with Gasteiger partial charge in [-0.3, -0.25) is 24.2 Å². The summed E-state index contributed by atoms with van der Waals surface area (Å²) in [5.41, 5.74) is 5.06. The molecule has 32 heavy (non-hydrogen) atoms. The molecule has 2 aromatic rings. The number of nitrogens with one attached hydrogen (secondary N) is 3. The SMILES string of the molecule is NC(=O)C1CCN(c2nc3c(c(=O)[nH]2)[C@@H](C(=O)Nc2ccc(F)c(Cl)c2)CC(=O)N3)CC1. The fourth-order valence-electron chi connectivity index (χ4n) is 3.91. The molecule has 1 aromatic carbocycles. The Bertz CT molecular complexity index is 1160. The number of nitrogens with zero attached hydrogens (tertiary/aromatic N) is 2. The van der Waals surface area contributed by atoms with Gasteiger partial charge >= 0.3 is 0 Å². The van der Waals surface area contributed by atoms with Gasteiger partial charge in [-0.25, -0.2) is 4.39 Å². The van der Waals surface area contributed by atoms with Crippen LogP contribution in [-0.2, 0) is 14.4 Å². The highest BCUT2D eigenvalue weighted by molar-refractivity contribution is 6.31. The van der Waals surface area contributed by atoms with E-state index >= 15 is 0 Å². The van der Waals surface area contributed by atoms with Crippen molar-refractivity contribution in [3.8, 4) is 0 Å². The number of H-pyrrole nitrogens is 1. The van der Waals surface area contributed by atoms with E-state index < -0.39 is 29.1 Å². The summed E-state index contributed by atoms with van der Waals surface area (Å²) in [6.07, 6.45) is 0.795. The zero-order chi connectivity index (χ0) is 23.0. The number of amides is 3. The molecule has 5 N–H and O–H groups in total. The van der Waals surface area contributed by atoms with Gasteiger partial charge in [0.2, 0.25) is 23.7 Å². The molecule has 0 spiro atoms. The molecule has 12 heteroatoms. The third-order valence-electron chi connectivity index (χ3n) is 5.64. The second-order valence-electron chi connectivity index (χ2n) is 7.74. The quantitative estimate of drug-likeness (QED) is 0.538. The van der Waals surface area contributed by atoms with E-state index in [-0.39, 0.29) is 46.3 Å². The summed E-state index contributed by atoms with van der Waals surface area (Å²) >= 11 is 5.74. The minimum Gasteiger partial charge on any atom is -0.369 e. The summed E-state index contributed by atoms with van der Waals surface area (Å²) in [7, 11) is 0. The van der Waals surface area contributed by atoms with E-state index in [4.69, 9.17) is 17.3 Å². The molecule has 0 unspecified atom stereocenters. The Labute approximate surface area is 186 Å². The van der Waals surface area contributed by atoms with Gasteiger partial charge < -0.3 is 21.3 Å². The molecular formula is C20H20ClFN6O4. The van der Waals surface area contributed by atoms with E-state index in [2.05, 4.69) is 20.6 Å². The molecule has 1 saturated heterocycles. The molecule has 3 amide bonds. The van der Waals surface area contributed by atoms with Crippen LogP contribution >= 0.6 is 11.6 Å². The third-order valence-corrected chi connectivity index (χ3v) is 5.93. The number of halogens is 2. The first-order valence-electron chi connectivity index (χ1n) is 9.97. The van der Waals surface area contributed by atoms with Crippen LogP contribution in [0.1, 0.15) is 30.7 Å². The van der Waals surface area contributed by atoms with E-state index in [1.165, 1.54) is 12.1 Å². The highest BCUT2D eigenvalue weighted by atomic mass is 35.5. The Morgan fingerprint density at radius 1 is 1.25 bits per heavy atom. The third kappa shape index (κ3) is 4.28. The maximum Gasteiger partial charge on any atom is 0.258 e. The normalized spacial score (nSPS) is 18.6. The highest BCUT2D eigenvalue weighted by Crippen LogP contribution is 2.31. The Hall–Kier alpha value is -3.47. The first-order chi connectivity index (χ1) is 15.2. The van der Waals surface area contributed by atoms with Crippen molar-refractivity contribution in [3.63, 3.8) is 0 Å². The van der Waals surface area contributed by atoms with Crippen LogP contribution in [0.25, 0.3) is 0 Å². The van der Waals surface area contributed by atoms with Gasteiger partial charge in [-0.05, 0) is 31.0 Å². The lowest BCUT2D eigenvalue weighted by atomic mass is 9.92. The summed E-state index contributed by atoms with van der Waals surface area (Å²) < 4.78 is 13.4. The molecular weight excluding hydrogens is 443 g/mol. The minimum absolute atomic E-state index is 0.00862. The second kappa shape index (κ2) is 8.58. The molecule has 168 valence electrons. The number of fused-ring (bicyclic) bond motifs is 1. The number of aromatic nitrogens is 2. The maximum atomic E-state index is 13.4. The maximum absolute atomic E-state index is 13.4. The van der Waals surface area contributed by atoms with E-state index in [9.17, 15) is 23.6 Å². The number of hydrogen-bond donors (Lipinski definition) is 4. The number of primary amides is 1. The van der Waals surface area contributed by atoms with Gasteiger partial charge in [-0.1, -0.05) is 11.6 Å². The van der Waals surface area contributed by atoms with Crippen LogP contribution in [0.4, 0.5) is 21.8 Å². The average molecular weight is 463 g/mol. The minimum atomic E-state index is -1.09. The van der Waals surface area contributed by atoms with Crippen molar-refractivity contribution in [2.45, 2.75) is 25.2 Å². The van der Waals surface area contributed by atoms with Gasteiger partial charge in [-0.2, -0.15) is 4.98 Å². The lowest BCUT2D eigenvalue weighted by Gasteiger charge is -2.32. The predicted molar refractivity (Wildman–Crippen MR) is 115 cm³/mol. The van der Waals surface area contributed by atoms with Gasteiger partial charge in [0.1, 0.15) is 11.6 Å². The number of anilines is 3. The molecule has 10 nitrogen and oxygen atoms in total. The van der Waals surface area contributed by atoms with Crippen LogP contribution in [0.15, 0.2) is 23.0 Å². The second-order valence-corrected chi connectivity index (χ2v) is 8.15. The molecule has 0 bridgehead atoms. The number of piperidine rings is 1. The van der Waals surface area contributed by atoms with Crippen LogP contribution in [0, 0.1) is 11.7 Å². The van der Waals surface area contributed by atoms with Gasteiger partial charge in [0, 0.05) is 31.1 Å². The molecule has 2 aliphatic rings. The van der Waals surface area contributed by atoms with Crippen molar-refractivity contribution in [2.24, 2.45) is 11.7 Å². The topological polar surface area (TPSA) is 150 Å². The molecule has 0 radical (unpaired) electrons. The molecule has 4 rings (SSSR count). The lowest BCUT2D eigenvalue weighted by Crippen LogP contribution is -2.41. The van der Waals surface area contributed by atoms with Crippen LogP contribution < -0.4 is 26.8 Å². The lowest BCUT2D eigenvalue weighted by molar-refractivity contribution is -0.123. The van der Waals surface area contributed by atoms with Gasteiger partial charge in [0.25, 0.3) is 5.56 Å². The summed E-state index contributed by atoms with van der Waals surface area (Å²) in [5, 5.41) is 4.94. The fraction of sp³-hybridized carbons (Fsp3) is 0.350. The number of carbonyl (C=O) groups excluding carboxylic acids is 3. The highest BCUT2D eigenvalue weighted by Gasteiger charge is 2.35. The number of rotatable bonds is 4. The van der Waals surface area contributed by atoms with Crippen molar-refractivity contribution in [3.05, 3.63) is 45.0 Å². The van der Waals surface area contributed by atoms with Gasteiger partial charge in [0.05, 0.1) is 16.5 Å². The number of carbonyl (C=O) groups is 3. The number of aromatic amines is 1. The summed E-state index contributed by atoms with van der Waals surface area (Å²) in [4.78, 5) is 58.1. The first kappa shape index (κ1) is 21.8. The van der Waals surface area contributed by atoms with Crippen molar-refractivity contribution in [2.75, 3.05) is 28.6 Å². The predicted octanol–water partition coefficient (Wildman–Crippen LogP) is 1.33. The van der Waals surface area contributed by atoms with Crippen molar-refractivity contribution in [1.82, 2.24) is 9.97 Å². The Morgan fingerprint density at radius 2 is 1.97 bits per heavy atom. The Kier molecular flexibility index (Phi) is 5.83. The van der Waals surface area contributed by atoms with Crippen LogP contribution in [0.3, 0.4) is 0 Å². The number of benzene rings is 1. The largest absolute Gasteiger partial charge is 0.369 e. The number of nitrogens with two attached hydrogens (primary N) is 1. The average Bonchev–Trinajstić information content (AvgIpc) is 2.75. The zero-order valence-corrected chi connectivity index (χ0v) is 17.5. The summed E-state index contributed by atoms with van der Waals surface area (Å²) in [5.74, 6) is -3.16. The molecule has 1 aromatic heterocycles. The molecule has 1 atom stereocenters. The molecule has 0 aliphatic carbocycles. The Morgan fingerprint density at radius 3 is 2.62 bits per heavy atom. The van der Waals surface area contributed by atoms with Crippen molar-refractivity contribution >= 4 is 46.8 Å². The van der Waals surface area contributed by atoms with E-state index in [0.29, 0.717) is 25.9 Å². The van der Waals surface area contributed by atoms with Crippen LogP contribution in [0.2, 0.25) is 5.02 Å². The molecule has 3 heterocycles. The zero-order valence-electron chi connectivity index (χ0n) is 16.8. The summed E-state index contributed by atoms with van der Waals surface area (Å²) in [6.45, 7) is 0.914. The monoisotopic (exact) mass is 462 g/mol. The van der Waals surface area contributed by atoms with E-state index in [0.717, 1.165) is 6.07 Å². The first-order valence-corrected chi connectivity index (χ1v) is 10.3. The molecule has 2 aliphatic heterocycles. The fourth-order valence-corrected chi connectivity index (χ4v) is 4.09. The van der Waals surface area contributed by atoms with E-state index in [1.807, 2.05) is 0 Å². The van der Waals surface area contributed by atoms with Crippen LogP contribution in [-0.4, -0.2) is 40.8 Å². The number of hydrogen-bond acceptors (Lipinski definition) is 6. The van der Waals surface area contributed by atoms with Crippen molar-refractivity contribution in [1.29, 1.82) is 0 Å². The Balaban J connectivity index is 1.59. The van der Waals surface area contributed by atoms with Crippen LogP contribution in [0.5, 0.6) is 0 Å².